The highest BCUT2D eigenvalue weighted by molar-refractivity contribution is 5.94. The van der Waals surface area contributed by atoms with Gasteiger partial charge in [-0.05, 0) is 36.2 Å². The summed E-state index contributed by atoms with van der Waals surface area (Å²) < 4.78 is 13.0. The topological polar surface area (TPSA) is 70.2 Å². The van der Waals surface area contributed by atoms with Crippen LogP contribution in [0.2, 0.25) is 0 Å². The van der Waals surface area contributed by atoms with Gasteiger partial charge in [0, 0.05) is 25.2 Å². The summed E-state index contributed by atoms with van der Waals surface area (Å²) >= 11 is 0. The highest BCUT2D eigenvalue weighted by Crippen LogP contribution is 2.03. The molecule has 0 aromatic heterocycles. The molecule has 2 aromatic carbocycles. The molecule has 5 nitrogen and oxygen atoms in total. The van der Waals surface area contributed by atoms with Gasteiger partial charge < -0.3 is 16.0 Å². The predicted octanol–water partition coefficient (Wildman–Crippen LogP) is 2.10. The predicted molar refractivity (Wildman–Crippen MR) is 90.3 cm³/mol. The van der Waals surface area contributed by atoms with Crippen molar-refractivity contribution in [1.29, 1.82) is 0 Å². The van der Waals surface area contributed by atoms with E-state index in [0.717, 1.165) is 5.56 Å². The second kappa shape index (κ2) is 9.29. The third-order valence-electron chi connectivity index (χ3n) is 3.32. The van der Waals surface area contributed by atoms with E-state index in [2.05, 4.69) is 16.0 Å². The number of nitrogens with one attached hydrogen (secondary N) is 3. The van der Waals surface area contributed by atoms with E-state index in [1.807, 2.05) is 12.1 Å². The average molecular weight is 329 g/mol. The first-order valence-electron chi connectivity index (χ1n) is 7.74. The molecule has 0 saturated heterocycles. The molecule has 24 heavy (non-hydrogen) atoms. The van der Waals surface area contributed by atoms with Crippen molar-refractivity contribution >= 4 is 11.9 Å². The van der Waals surface area contributed by atoms with Gasteiger partial charge in [0.25, 0.3) is 5.91 Å². The normalized spacial score (nSPS) is 10.0. The number of hydrogen-bond donors (Lipinski definition) is 3. The lowest BCUT2D eigenvalue weighted by atomic mass is 10.1. The van der Waals surface area contributed by atoms with Crippen LogP contribution in [0.1, 0.15) is 15.9 Å². The molecule has 0 saturated carbocycles. The summed E-state index contributed by atoms with van der Waals surface area (Å²) in [6.45, 7) is 1.07. The number of halogens is 1. The zero-order valence-corrected chi connectivity index (χ0v) is 13.2. The maximum atomic E-state index is 13.0. The van der Waals surface area contributed by atoms with Crippen molar-refractivity contribution in [3.8, 4) is 0 Å². The van der Waals surface area contributed by atoms with Gasteiger partial charge >= 0.3 is 6.03 Å². The largest absolute Gasteiger partial charge is 0.350 e. The summed E-state index contributed by atoms with van der Waals surface area (Å²) in [5, 5.41) is 8.05. The third-order valence-corrected chi connectivity index (χ3v) is 3.32. The number of carbonyl (C=O) groups excluding carboxylic acids is 2. The average Bonchev–Trinajstić information content (AvgIpc) is 2.59. The molecule has 0 aliphatic rings. The third kappa shape index (κ3) is 6.08. The molecule has 0 unspecified atom stereocenters. The van der Waals surface area contributed by atoms with Gasteiger partial charge in [-0.2, -0.15) is 0 Å². The first-order chi connectivity index (χ1) is 11.6. The van der Waals surface area contributed by atoms with Gasteiger partial charge in [0.05, 0.1) is 0 Å². The zero-order chi connectivity index (χ0) is 17.2. The van der Waals surface area contributed by atoms with Crippen molar-refractivity contribution < 1.29 is 14.0 Å². The summed E-state index contributed by atoms with van der Waals surface area (Å²) in [7, 11) is 0. The minimum atomic E-state index is -0.319. The Morgan fingerprint density at radius 2 is 1.54 bits per heavy atom. The maximum absolute atomic E-state index is 13.0. The van der Waals surface area contributed by atoms with E-state index < -0.39 is 0 Å². The number of benzene rings is 2. The van der Waals surface area contributed by atoms with Gasteiger partial charge in [-0.25, -0.2) is 9.18 Å². The minimum Gasteiger partial charge on any atom is -0.350 e. The maximum Gasteiger partial charge on any atom is 0.314 e. The fourth-order valence-electron chi connectivity index (χ4n) is 2.12. The Balaban J connectivity index is 1.57. The summed E-state index contributed by atoms with van der Waals surface area (Å²) in [5.74, 6) is -0.463. The smallest absolute Gasteiger partial charge is 0.314 e. The van der Waals surface area contributed by atoms with Crippen LogP contribution in [0.15, 0.2) is 54.6 Å². The van der Waals surface area contributed by atoms with Crippen molar-refractivity contribution in [3.05, 3.63) is 71.5 Å². The minimum absolute atomic E-state index is 0.177. The van der Waals surface area contributed by atoms with Crippen LogP contribution in [0.3, 0.4) is 0 Å². The van der Waals surface area contributed by atoms with Crippen LogP contribution in [0.4, 0.5) is 9.18 Å². The number of amides is 3. The van der Waals surface area contributed by atoms with Crippen molar-refractivity contribution in [2.45, 2.75) is 6.42 Å². The van der Waals surface area contributed by atoms with Gasteiger partial charge in [0.1, 0.15) is 5.82 Å². The number of carbonyl (C=O) groups is 2. The molecule has 0 bridgehead atoms. The molecular formula is C18H20FN3O2. The Morgan fingerprint density at radius 3 is 2.29 bits per heavy atom. The second-order valence-electron chi connectivity index (χ2n) is 5.18. The van der Waals surface area contributed by atoms with E-state index in [4.69, 9.17) is 0 Å². The van der Waals surface area contributed by atoms with Crippen molar-refractivity contribution in [2.75, 3.05) is 19.6 Å². The van der Waals surface area contributed by atoms with E-state index in [1.165, 1.54) is 12.1 Å². The van der Waals surface area contributed by atoms with Gasteiger partial charge in [-0.3, -0.25) is 4.79 Å². The molecule has 0 radical (unpaired) electrons. The lowest BCUT2D eigenvalue weighted by Crippen LogP contribution is -2.40. The first kappa shape index (κ1) is 17.5. The molecule has 2 rings (SSSR count). The number of urea groups is 1. The molecule has 3 N–H and O–H groups in total. The molecule has 0 aliphatic heterocycles. The Morgan fingerprint density at radius 1 is 0.833 bits per heavy atom. The van der Waals surface area contributed by atoms with Crippen LogP contribution in [0, 0.1) is 5.82 Å². The van der Waals surface area contributed by atoms with Gasteiger partial charge in [0.15, 0.2) is 0 Å². The van der Waals surface area contributed by atoms with Gasteiger partial charge in [0.2, 0.25) is 0 Å². The molecule has 0 aliphatic carbocycles. The summed E-state index contributed by atoms with van der Waals surface area (Å²) in [5.41, 5.74) is 1.41. The fourth-order valence-corrected chi connectivity index (χ4v) is 2.12. The molecule has 0 fully saturated rings. The molecular weight excluding hydrogens is 309 g/mol. The van der Waals surface area contributed by atoms with Gasteiger partial charge in [-0.15, -0.1) is 0 Å². The SMILES string of the molecule is O=C(NCCNC(=O)c1ccccc1)NCCc1cccc(F)c1. The summed E-state index contributed by atoms with van der Waals surface area (Å²) in [4.78, 5) is 23.4. The molecule has 0 heterocycles. The molecule has 2 aromatic rings. The van der Waals surface area contributed by atoms with Crippen LogP contribution >= 0.6 is 0 Å². The molecule has 3 amide bonds. The molecule has 0 atom stereocenters. The molecule has 0 spiro atoms. The van der Waals surface area contributed by atoms with Crippen molar-refractivity contribution in [3.63, 3.8) is 0 Å². The Hall–Kier alpha value is -2.89. The van der Waals surface area contributed by atoms with E-state index in [-0.39, 0.29) is 17.8 Å². The zero-order valence-electron chi connectivity index (χ0n) is 13.2. The van der Waals surface area contributed by atoms with E-state index in [1.54, 1.807) is 30.3 Å². The summed E-state index contributed by atoms with van der Waals surface area (Å²) in [6, 6.07) is 14.8. The lowest BCUT2D eigenvalue weighted by molar-refractivity contribution is 0.0954. The van der Waals surface area contributed by atoms with Crippen LogP contribution in [-0.4, -0.2) is 31.6 Å². The molecule has 126 valence electrons. The van der Waals surface area contributed by atoms with Crippen LogP contribution in [-0.2, 0) is 6.42 Å². The number of hydrogen-bond acceptors (Lipinski definition) is 2. The van der Waals surface area contributed by atoms with Gasteiger partial charge in [-0.1, -0.05) is 30.3 Å². The molecule has 6 heteroatoms. The quantitative estimate of drug-likeness (QED) is 0.681. The lowest BCUT2D eigenvalue weighted by Gasteiger charge is -2.09. The second-order valence-corrected chi connectivity index (χ2v) is 5.18. The fraction of sp³-hybridized carbons (Fsp3) is 0.222. The van der Waals surface area contributed by atoms with E-state index in [9.17, 15) is 14.0 Å². The highest BCUT2D eigenvalue weighted by Gasteiger charge is 2.04. The highest BCUT2D eigenvalue weighted by atomic mass is 19.1. The number of rotatable bonds is 7. The Labute approximate surface area is 140 Å². The van der Waals surface area contributed by atoms with Crippen molar-refractivity contribution in [1.82, 2.24) is 16.0 Å². The standard InChI is InChI=1S/C18H20FN3O2/c19-16-8-4-5-14(13-16)9-10-21-18(24)22-12-11-20-17(23)15-6-2-1-3-7-15/h1-8,13H,9-12H2,(H,20,23)(H2,21,22,24). The van der Waals surface area contributed by atoms with Crippen LogP contribution in [0.25, 0.3) is 0 Å². The van der Waals surface area contributed by atoms with Crippen LogP contribution < -0.4 is 16.0 Å². The monoisotopic (exact) mass is 329 g/mol. The van der Waals surface area contributed by atoms with E-state index in [0.29, 0.717) is 31.6 Å². The Kier molecular flexibility index (Phi) is 6.76. The first-order valence-corrected chi connectivity index (χ1v) is 7.74. The Bertz CT molecular complexity index is 677. The summed E-state index contributed by atoms with van der Waals surface area (Å²) in [6.07, 6.45) is 0.552. The van der Waals surface area contributed by atoms with Crippen LogP contribution in [0.5, 0.6) is 0 Å². The van der Waals surface area contributed by atoms with Crippen molar-refractivity contribution in [2.24, 2.45) is 0 Å². The van der Waals surface area contributed by atoms with E-state index >= 15 is 0 Å².